The largest absolute Gasteiger partial charge is 0.497 e. The minimum absolute atomic E-state index is 0.0126. The Morgan fingerprint density at radius 3 is 3.00 bits per heavy atom. The van der Waals surface area contributed by atoms with Gasteiger partial charge in [-0.05, 0) is 36.1 Å². The summed E-state index contributed by atoms with van der Waals surface area (Å²) in [5.74, 6) is 0.918. The first-order chi connectivity index (χ1) is 12.3. The zero-order valence-electron chi connectivity index (χ0n) is 13.9. The first kappa shape index (κ1) is 15.4. The van der Waals surface area contributed by atoms with Crippen molar-refractivity contribution in [3.8, 4) is 17.1 Å². The molecule has 25 heavy (non-hydrogen) atoms. The molecule has 5 heteroatoms. The van der Waals surface area contributed by atoms with Gasteiger partial charge in [-0.25, -0.2) is 4.98 Å². The summed E-state index contributed by atoms with van der Waals surface area (Å²) >= 11 is 0. The minimum Gasteiger partial charge on any atom is -0.497 e. The van der Waals surface area contributed by atoms with Crippen molar-refractivity contribution in [3.05, 3.63) is 71.7 Å². The number of nitrogens with one attached hydrogen (secondary N) is 1. The number of fused-ring (bicyclic) bond motifs is 1. The molecule has 1 amide bonds. The van der Waals surface area contributed by atoms with Crippen LogP contribution in [0.15, 0.2) is 59.3 Å². The molecular formula is C20H18N2O3. The topological polar surface area (TPSA) is 64.4 Å². The highest BCUT2D eigenvalue weighted by atomic mass is 16.5. The molecule has 4 rings (SSSR count). The number of methoxy groups -OCH3 is 1. The Morgan fingerprint density at radius 1 is 1.24 bits per heavy atom. The van der Waals surface area contributed by atoms with Crippen LogP contribution in [0.1, 0.15) is 34.1 Å². The predicted molar refractivity (Wildman–Crippen MR) is 93.5 cm³/mol. The van der Waals surface area contributed by atoms with Gasteiger partial charge in [-0.3, -0.25) is 4.79 Å². The van der Waals surface area contributed by atoms with Gasteiger partial charge in [-0.1, -0.05) is 36.4 Å². The summed E-state index contributed by atoms with van der Waals surface area (Å²) in [5.41, 5.74) is 3.52. The van der Waals surface area contributed by atoms with E-state index in [1.807, 2.05) is 36.4 Å². The number of benzene rings is 2. The van der Waals surface area contributed by atoms with Crippen LogP contribution in [0.2, 0.25) is 0 Å². The van der Waals surface area contributed by atoms with E-state index in [0.717, 1.165) is 18.4 Å². The lowest BCUT2D eigenvalue weighted by molar-refractivity contribution is 0.0932. The van der Waals surface area contributed by atoms with Gasteiger partial charge in [0.05, 0.1) is 13.2 Å². The summed E-state index contributed by atoms with van der Waals surface area (Å²) in [7, 11) is 1.60. The van der Waals surface area contributed by atoms with E-state index in [-0.39, 0.29) is 17.6 Å². The standard InChI is InChI=1S/C20H18N2O3/c1-24-15-7-4-6-14(11-15)19-18(21-12-25-19)20(23)22-17-10-9-13-5-2-3-8-16(13)17/h2-8,11-12,17H,9-10H2,1H3,(H,22,23)/t17-/m0/s1. The molecule has 0 unspecified atom stereocenters. The van der Waals surface area contributed by atoms with Crippen LogP contribution >= 0.6 is 0 Å². The fourth-order valence-corrected chi connectivity index (χ4v) is 3.31. The molecule has 1 aromatic heterocycles. The maximum atomic E-state index is 12.8. The van der Waals surface area contributed by atoms with E-state index < -0.39 is 0 Å². The fraction of sp³-hybridized carbons (Fsp3) is 0.200. The van der Waals surface area contributed by atoms with Crippen LogP contribution in [0.5, 0.6) is 5.75 Å². The van der Waals surface area contributed by atoms with Gasteiger partial charge in [-0.2, -0.15) is 0 Å². The highest BCUT2D eigenvalue weighted by Gasteiger charge is 2.26. The Kier molecular flexibility index (Phi) is 3.98. The van der Waals surface area contributed by atoms with Crippen molar-refractivity contribution >= 4 is 5.91 Å². The van der Waals surface area contributed by atoms with E-state index in [4.69, 9.17) is 9.15 Å². The number of aromatic nitrogens is 1. The molecule has 0 spiro atoms. The lowest BCUT2D eigenvalue weighted by atomic mass is 10.1. The van der Waals surface area contributed by atoms with Gasteiger partial charge in [0, 0.05) is 5.56 Å². The van der Waals surface area contributed by atoms with Crippen molar-refractivity contribution in [2.75, 3.05) is 7.11 Å². The van der Waals surface area contributed by atoms with Crippen LogP contribution in [-0.4, -0.2) is 18.0 Å². The van der Waals surface area contributed by atoms with Gasteiger partial charge in [0.15, 0.2) is 17.8 Å². The second-order valence-electron chi connectivity index (χ2n) is 6.03. The average molecular weight is 334 g/mol. The second-order valence-corrected chi connectivity index (χ2v) is 6.03. The van der Waals surface area contributed by atoms with E-state index in [1.165, 1.54) is 17.5 Å². The highest BCUT2D eigenvalue weighted by Crippen LogP contribution is 2.32. The minimum atomic E-state index is -0.228. The number of hydrogen-bond donors (Lipinski definition) is 1. The molecule has 1 aliphatic carbocycles. The lowest BCUT2D eigenvalue weighted by Gasteiger charge is -2.13. The highest BCUT2D eigenvalue weighted by molar-refractivity contribution is 5.98. The summed E-state index contributed by atoms with van der Waals surface area (Å²) in [6, 6.07) is 15.6. The van der Waals surface area contributed by atoms with E-state index >= 15 is 0 Å². The van der Waals surface area contributed by atoms with Crippen LogP contribution in [0, 0.1) is 0 Å². The van der Waals surface area contributed by atoms with E-state index in [1.54, 1.807) is 7.11 Å². The first-order valence-corrected chi connectivity index (χ1v) is 8.23. The Labute approximate surface area is 145 Å². The normalized spacial score (nSPS) is 15.6. The number of aryl methyl sites for hydroxylation is 1. The Hall–Kier alpha value is -3.08. The maximum absolute atomic E-state index is 12.8. The molecule has 0 radical (unpaired) electrons. The number of ether oxygens (including phenoxy) is 1. The fourth-order valence-electron chi connectivity index (χ4n) is 3.31. The summed E-state index contributed by atoms with van der Waals surface area (Å²) in [6.45, 7) is 0. The van der Waals surface area contributed by atoms with Gasteiger partial charge >= 0.3 is 0 Å². The third kappa shape index (κ3) is 2.89. The quantitative estimate of drug-likeness (QED) is 0.789. The molecule has 1 atom stereocenters. The lowest BCUT2D eigenvalue weighted by Crippen LogP contribution is -2.27. The van der Waals surface area contributed by atoms with Gasteiger partial charge < -0.3 is 14.5 Å². The first-order valence-electron chi connectivity index (χ1n) is 8.23. The zero-order valence-corrected chi connectivity index (χ0v) is 13.9. The van der Waals surface area contributed by atoms with E-state index in [9.17, 15) is 4.79 Å². The molecule has 0 saturated carbocycles. The third-order valence-electron chi connectivity index (χ3n) is 4.55. The van der Waals surface area contributed by atoms with Crippen molar-refractivity contribution < 1.29 is 13.9 Å². The molecule has 1 N–H and O–H groups in total. The second kappa shape index (κ2) is 6.43. The SMILES string of the molecule is COc1cccc(-c2ocnc2C(=O)N[C@H]2CCc3ccccc32)c1. The molecule has 2 aromatic carbocycles. The average Bonchev–Trinajstić information content (AvgIpc) is 3.29. The summed E-state index contributed by atoms with van der Waals surface area (Å²) in [6.07, 6.45) is 3.17. The molecule has 0 saturated heterocycles. The monoisotopic (exact) mass is 334 g/mol. The van der Waals surface area contributed by atoms with E-state index in [2.05, 4.69) is 22.4 Å². The Balaban J connectivity index is 1.59. The number of carbonyl (C=O) groups is 1. The Morgan fingerprint density at radius 2 is 2.12 bits per heavy atom. The predicted octanol–water partition coefficient (Wildman–Crippen LogP) is 3.77. The summed E-state index contributed by atoms with van der Waals surface area (Å²) < 4.78 is 10.7. The number of rotatable bonds is 4. The molecule has 1 aliphatic rings. The number of carbonyl (C=O) groups excluding carboxylic acids is 1. The smallest absolute Gasteiger partial charge is 0.274 e. The molecule has 5 nitrogen and oxygen atoms in total. The van der Waals surface area contributed by atoms with Crippen LogP contribution in [0.4, 0.5) is 0 Å². The number of nitrogens with zero attached hydrogens (tertiary/aromatic N) is 1. The molecular weight excluding hydrogens is 316 g/mol. The molecule has 0 bridgehead atoms. The number of hydrogen-bond acceptors (Lipinski definition) is 4. The molecule has 0 fully saturated rings. The van der Waals surface area contributed by atoms with Crippen molar-refractivity contribution in [1.82, 2.24) is 10.3 Å². The van der Waals surface area contributed by atoms with Crippen LogP contribution in [0.25, 0.3) is 11.3 Å². The van der Waals surface area contributed by atoms with Crippen LogP contribution < -0.4 is 10.1 Å². The van der Waals surface area contributed by atoms with Crippen molar-refractivity contribution in [3.63, 3.8) is 0 Å². The van der Waals surface area contributed by atoms with Crippen LogP contribution in [-0.2, 0) is 6.42 Å². The molecule has 3 aromatic rings. The van der Waals surface area contributed by atoms with Gasteiger partial charge in [0.2, 0.25) is 0 Å². The third-order valence-corrected chi connectivity index (χ3v) is 4.55. The van der Waals surface area contributed by atoms with Gasteiger partial charge in [0.1, 0.15) is 5.75 Å². The zero-order chi connectivity index (χ0) is 17.2. The molecule has 1 heterocycles. The Bertz CT molecular complexity index is 917. The number of amides is 1. The van der Waals surface area contributed by atoms with Gasteiger partial charge in [0.25, 0.3) is 5.91 Å². The molecule has 126 valence electrons. The summed E-state index contributed by atoms with van der Waals surface area (Å²) in [4.78, 5) is 16.9. The molecule has 0 aliphatic heterocycles. The van der Waals surface area contributed by atoms with Crippen molar-refractivity contribution in [1.29, 1.82) is 0 Å². The number of oxazole rings is 1. The summed E-state index contributed by atoms with van der Waals surface area (Å²) in [5, 5.41) is 3.08. The van der Waals surface area contributed by atoms with Crippen molar-refractivity contribution in [2.24, 2.45) is 0 Å². The maximum Gasteiger partial charge on any atom is 0.274 e. The van der Waals surface area contributed by atoms with Gasteiger partial charge in [-0.15, -0.1) is 0 Å². The van der Waals surface area contributed by atoms with E-state index in [0.29, 0.717) is 11.5 Å². The van der Waals surface area contributed by atoms with Crippen LogP contribution in [0.3, 0.4) is 0 Å². The van der Waals surface area contributed by atoms with Crippen molar-refractivity contribution in [2.45, 2.75) is 18.9 Å².